The van der Waals surface area contributed by atoms with Crippen molar-refractivity contribution in [3.05, 3.63) is 35.0 Å². The molecule has 5 nitrogen and oxygen atoms in total. The number of halogens is 1. The molecule has 0 aliphatic carbocycles. The molecule has 0 N–H and O–H groups in total. The minimum absolute atomic E-state index is 0.157. The van der Waals surface area contributed by atoms with E-state index in [0.717, 1.165) is 44.0 Å². The molecule has 0 spiro atoms. The maximum absolute atomic E-state index is 11.9. The van der Waals surface area contributed by atoms with Gasteiger partial charge in [-0.25, -0.2) is 4.79 Å². The SMILES string of the molecule is CCOC(=O)N1CCC(N2CCC(c3cn(C)c4cc(Cl)ccc34)CC2)CC1. The van der Waals surface area contributed by atoms with Gasteiger partial charge >= 0.3 is 6.09 Å². The van der Waals surface area contributed by atoms with E-state index >= 15 is 0 Å². The van der Waals surface area contributed by atoms with Crippen LogP contribution in [0.25, 0.3) is 10.9 Å². The average molecular weight is 404 g/mol. The molecule has 0 atom stereocenters. The number of piperidine rings is 2. The van der Waals surface area contributed by atoms with Gasteiger partial charge in [0.25, 0.3) is 0 Å². The largest absolute Gasteiger partial charge is 0.450 e. The third-order valence-corrected chi connectivity index (χ3v) is 6.69. The number of hydrogen-bond acceptors (Lipinski definition) is 3. The summed E-state index contributed by atoms with van der Waals surface area (Å²) in [6.45, 7) is 6.21. The van der Waals surface area contributed by atoms with E-state index in [1.807, 2.05) is 17.9 Å². The van der Waals surface area contributed by atoms with E-state index in [2.05, 4.69) is 34.8 Å². The summed E-state index contributed by atoms with van der Waals surface area (Å²) in [6.07, 6.45) is 6.63. The molecule has 0 saturated carbocycles. The first-order chi connectivity index (χ1) is 13.6. The second-order valence-corrected chi connectivity index (χ2v) is 8.52. The van der Waals surface area contributed by atoms with Gasteiger partial charge in [-0.05, 0) is 69.3 Å². The standard InChI is InChI=1S/C22H30ClN3O2/c1-3-28-22(27)26-12-8-18(9-13-26)25-10-6-16(7-11-25)20-15-24(2)21-14-17(23)4-5-19(20)21/h4-5,14-16,18H,3,6-13H2,1-2H3. The van der Waals surface area contributed by atoms with Crippen LogP contribution in [0.4, 0.5) is 4.79 Å². The van der Waals surface area contributed by atoms with Gasteiger partial charge in [0.2, 0.25) is 0 Å². The Morgan fingerprint density at radius 2 is 1.86 bits per heavy atom. The molecule has 1 amide bonds. The van der Waals surface area contributed by atoms with Crippen LogP contribution in [0.2, 0.25) is 5.02 Å². The van der Waals surface area contributed by atoms with Crippen molar-refractivity contribution in [2.24, 2.45) is 7.05 Å². The van der Waals surface area contributed by atoms with Gasteiger partial charge in [-0.3, -0.25) is 0 Å². The smallest absolute Gasteiger partial charge is 0.409 e. The third kappa shape index (κ3) is 3.87. The summed E-state index contributed by atoms with van der Waals surface area (Å²) >= 11 is 6.19. The van der Waals surface area contributed by atoms with Gasteiger partial charge in [0.15, 0.2) is 0 Å². The quantitative estimate of drug-likeness (QED) is 0.749. The van der Waals surface area contributed by atoms with E-state index in [4.69, 9.17) is 16.3 Å². The monoisotopic (exact) mass is 403 g/mol. The van der Waals surface area contributed by atoms with Crippen LogP contribution in [0.5, 0.6) is 0 Å². The number of hydrogen-bond donors (Lipinski definition) is 0. The molecule has 2 aliphatic rings. The first-order valence-corrected chi connectivity index (χ1v) is 10.8. The zero-order valence-corrected chi connectivity index (χ0v) is 17.6. The molecule has 2 aliphatic heterocycles. The van der Waals surface area contributed by atoms with Crippen molar-refractivity contribution in [1.82, 2.24) is 14.4 Å². The second-order valence-electron chi connectivity index (χ2n) is 8.08. The molecule has 4 rings (SSSR count). The number of carbonyl (C=O) groups excluding carboxylic acids is 1. The van der Waals surface area contributed by atoms with Crippen molar-refractivity contribution in [2.45, 2.75) is 44.6 Å². The van der Waals surface area contributed by atoms with Crippen molar-refractivity contribution in [2.75, 3.05) is 32.8 Å². The van der Waals surface area contributed by atoms with E-state index in [1.54, 1.807) is 0 Å². The molecule has 6 heteroatoms. The predicted octanol–water partition coefficient (Wildman–Crippen LogP) is 4.63. The lowest BCUT2D eigenvalue weighted by Gasteiger charge is -2.41. The van der Waals surface area contributed by atoms with Crippen LogP contribution in [-0.4, -0.2) is 59.3 Å². The molecule has 2 aromatic rings. The first-order valence-electron chi connectivity index (χ1n) is 10.5. The predicted molar refractivity (Wildman–Crippen MR) is 113 cm³/mol. The summed E-state index contributed by atoms with van der Waals surface area (Å²) < 4.78 is 7.34. The fourth-order valence-electron chi connectivity index (χ4n) is 4.92. The summed E-state index contributed by atoms with van der Waals surface area (Å²) in [5.74, 6) is 0.612. The maximum atomic E-state index is 11.9. The summed E-state index contributed by atoms with van der Waals surface area (Å²) in [5, 5.41) is 2.14. The highest BCUT2D eigenvalue weighted by Crippen LogP contribution is 2.36. The molecule has 2 saturated heterocycles. The van der Waals surface area contributed by atoms with E-state index in [1.165, 1.54) is 29.3 Å². The van der Waals surface area contributed by atoms with E-state index in [9.17, 15) is 4.79 Å². The van der Waals surface area contributed by atoms with Crippen LogP contribution < -0.4 is 0 Å². The highest BCUT2D eigenvalue weighted by molar-refractivity contribution is 6.31. The molecule has 2 fully saturated rings. The van der Waals surface area contributed by atoms with Crippen LogP contribution in [0.3, 0.4) is 0 Å². The molecule has 0 bridgehead atoms. The Balaban J connectivity index is 1.35. The van der Waals surface area contributed by atoms with Gasteiger partial charge < -0.3 is 19.1 Å². The van der Waals surface area contributed by atoms with Crippen LogP contribution in [0.15, 0.2) is 24.4 Å². The molecule has 3 heterocycles. The molecule has 1 aromatic heterocycles. The number of aryl methyl sites for hydroxylation is 1. The van der Waals surface area contributed by atoms with Gasteiger partial charge in [-0.15, -0.1) is 0 Å². The Bertz CT molecular complexity index is 834. The van der Waals surface area contributed by atoms with Gasteiger partial charge in [0, 0.05) is 48.3 Å². The molecule has 28 heavy (non-hydrogen) atoms. The Hall–Kier alpha value is -1.72. The second kappa shape index (κ2) is 8.34. The molecule has 152 valence electrons. The van der Waals surface area contributed by atoms with Crippen molar-refractivity contribution >= 4 is 28.6 Å². The fourth-order valence-corrected chi connectivity index (χ4v) is 5.08. The number of benzene rings is 1. The normalized spacial score (nSPS) is 20.0. The lowest BCUT2D eigenvalue weighted by atomic mass is 9.88. The summed E-state index contributed by atoms with van der Waals surface area (Å²) in [7, 11) is 2.11. The lowest BCUT2D eigenvalue weighted by molar-refractivity contribution is 0.0663. The van der Waals surface area contributed by atoms with Gasteiger partial charge in [-0.2, -0.15) is 0 Å². The molecular weight excluding hydrogens is 374 g/mol. The van der Waals surface area contributed by atoms with Crippen LogP contribution in [0, 0.1) is 0 Å². The summed E-state index contributed by atoms with van der Waals surface area (Å²) in [6, 6.07) is 6.83. The number of carbonyl (C=O) groups is 1. The fraction of sp³-hybridized carbons (Fsp3) is 0.591. The zero-order chi connectivity index (χ0) is 19.7. The van der Waals surface area contributed by atoms with Crippen LogP contribution in [0.1, 0.15) is 44.1 Å². The van der Waals surface area contributed by atoms with Gasteiger partial charge in [0.1, 0.15) is 0 Å². The van der Waals surface area contributed by atoms with Crippen molar-refractivity contribution in [1.29, 1.82) is 0 Å². The van der Waals surface area contributed by atoms with Crippen LogP contribution >= 0.6 is 11.6 Å². The number of aromatic nitrogens is 1. The van der Waals surface area contributed by atoms with Crippen molar-refractivity contribution in [3.8, 4) is 0 Å². The summed E-state index contributed by atoms with van der Waals surface area (Å²) in [5.41, 5.74) is 2.68. The molecule has 0 unspecified atom stereocenters. The number of rotatable bonds is 3. The molecular formula is C22H30ClN3O2. The minimum Gasteiger partial charge on any atom is -0.450 e. The first kappa shape index (κ1) is 19.6. The number of likely N-dealkylation sites (tertiary alicyclic amines) is 2. The zero-order valence-electron chi connectivity index (χ0n) is 16.9. The van der Waals surface area contributed by atoms with Gasteiger partial charge in [0.05, 0.1) is 6.61 Å². The average Bonchev–Trinajstić information content (AvgIpc) is 3.04. The Morgan fingerprint density at radius 1 is 1.14 bits per heavy atom. The number of ether oxygens (including phenoxy) is 1. The van der Waals surface area contributed by atoms with E-state index < -0.39 is 0 Å². The minimum atomic E-state index is -0.157. The maximum Gasteiger partial charge on any atom is 0.409 e. The summed E-state index contributed by atoms with van der Waals surface area (Å²) in [4.78, 5) is 16.4. The van der Waals surface area contributed by atoms with Crippen molar-refractivity contribution < 1.29 is 9.53 Å². The van der Waals surface area contributed by atoms with E-state index in [0.29, 0.717) is 18.6 Å². The topological polar surface area (TPSA) is 37.7 Å². The van der Waals surface area contributed by atoms with Crippen LogP contribution in [-0.2, 0) is 11.8 Å². The highest BCUT2D eigenvalue weighted by atomic mass is 35.5. The Labute approximate surface area is 172 Å². The van der Waals surface area contributed by atoms with Gasteiger partial charge in [-0.1, -0.05) is 17.7 Å². The molecule has 1 aromatic carbocycles. The van der Waals surface area contributed by atoms with E-state index in [-0.39, 0.29) is 6.09 Å². The Kier molecular flexibility index (Phi) is 5.83. The molecule has 0 radical (unpaired) electrons. The number of amides is 1. The number of fused-ring (bicyclic) bond motifs is 1. The number of nitrogens with zero attached hydrogens (tertiary/aromatic N) is 3. The third-order valence-electron chi connectivity index (χ3n) is 6.46. The highest BCUT2D eigenvalue weighted by Gasteiger charge is 2.31. The van der Waals surface area contributed by atoms with Crippen molar-refractivity contribution in [3.63, 3.8) is 0 Å². The Morgan fingerprint density at radius 3 is 2.54 bits per heavy atom. The lowest BCUT2D eigenvalue weighted by Crippen LogP contribution is -2.48.